The quantitative estimate of drug-likeness (QED) is 0.777. The lowest BCUT2D eigenvalue weighted by molar-refractivity contribution is 0.284. The van der Waals surface area contributed by atoms with Crippen LogP contribution in [-0.2, 0) is 15.6 Å². The average Bonchev–Trinajstić information content (AvgIpc) is 2.29. The predicted molar refractivity (Wildman–Crippen MR) is 72.5 cm³/mol. The molecule has 0 amide bonds. The molecule has 3 nitrogen and oxygen atoms in total. The molecule has 1 rings (SSSR count). The van der Waals surface area contributed by atoms with Crippen molar-refractivity contribution in [2.45, 2.75) is 25.0 Å². The monoisotopic (exact) mass is 338 g/mol. The Morgan fingerprint density at radius 3 is 2.56 bits per heavy atom. The smallest absolute Gasteiger partial charge is 0.154 e. The molecule has 0 spiro atoms. The molecule has 0 unspecified atom stereocenters. The summed E-state index contributed by atoms with van der Waals surface area (Å²) < 4.78 is 36.8. The van der Waals surface area contributed by atoms with Crippen LogP contribution in [0.5, 0.6) is 0 Å². The van der Waals surface area contributed by atoms with Crippen molar-refractivity contribution in [2.24, 2.45) is 0 Å². The second-order valence-corrected chi connectivity index (χ2v) is 7.16. The van der Waals surface area contributed by atoms with Crippen LogP contribution < -0.4 is 0 Å². The first-order chi connectivity index (χ1) is 8.44. The number of hydrogen-bond acceptors (Lipinski definition) is 3. The molecule has 102 valence electrons. The fraction of sp³-hybridized carbons (Fsp3) is 0.500. The Kier molecular flexibility index (Phi) is 6.25. The molecule has 1 N–H and O–H groups in total. The Hall–Kier alpha value is -0.460. The minimum Gasteiger partial charge on any atom is -0.396 e. The SMILES string of the molecule is O=S(=O)(CCCCCO)Cc1ccc(F)c(Br)c1. The topological polar surface area (TPSA) is 54.4 Å². The number of hydrogen-bond donors (Lipinski definition) is 1. The van der Waals surface area contributed by atoms with Gasteiger partial charge in [-0.05, 0) is 46.5 Å². The van der Waals surface area contributed by atoms with E-state index in [4.69, 9.17) is 5.11 Å². The van der Waals surface area contributed by atoms with E-state index in [1.54, 1.807) is 0 Å². The van der Waals surface area contributed by atoms with E-state index in [-0.39, 0.29) is 22.6 Å². The molecule has 0 aliphatic heterocycles. The third-order valence-corrected chi connectivity index (χ3v) is 4.78. The Morgan fingerprint density at radius 2 is 1.94 bits per heavy atom. The molecule has 0 radical (unpaired) electrons. The summed E-state index contributed by atoms with van der Waals surface area (Å²) in [5, 5.41) is 8.60. The summed E-state index contributed by atoms with van der Waals surface area (Å²) in [6.45, 7) is 0.0883. The molecular formula is C12H16BrFO3S. The first-order valence-electron chi connectivity index (χ1n) is 5.70. The van der Waals surface area contributed by atoms with Gasteiger partial charge in [0.05, 0.1) is 16.0 Å². The number of unbranched alkanes of at least 4 members (excludes halogenated alkanes) is 2. The van der Waals surface area contributed by atoms with Crippen LogP contribution in [0.15, 0.2) is 22.7 Å². The van der Waals surface area contributed by atoms with E-state index < -0.39 is 15.7 Å². The molecular weight excluding hydrogens is 323 g/mol. The van der Waals surface area contributed by atoms with Crippen LogP contribution in [0.25, 0.3) is 0 Å². The van der Waals surface area contributed by atoms with Gasteiger partial charge in [0.15, 0.2) is 9.84 Å². The molecule has 0 atom stereocenters. The molecule has 0 aromatic heterocycles. The zero-order chi connectivity index (χ0) is 13.6. The van der Waals surface area contributed by atoms with Crippen molar-refractivity contribution in [3.63, 3.8) is 0 Å². The van der Waals surface area contributed by atoms with Gasteiger partial charge in [0.1, 0.15) is 5.82 Å². The van der Waals surface area contributed by atoms with Gasteiger partial charge in [0.25, 0.3) is 0 Å². The van der Waals surface area contributed by atoms with Gasteiger partial charge in [-0.2, -0.15) is 0 Å². The summed E-state index contributed by atoms with van der Waals surface area (Å²) in [7, 11) is -3.17. The molecule has 0 aliphatic rings. The van der Waals surface area contributed by atoms with Gasteiger partial charge >= 0.3 is 0 Å². The van der Waals surface area contributed by atoms with Gasteiger partial charge in [0.2, 0.25) is 0 Å². The third-order valence-electron chi connectivity index (χ3n) is 2.48. The van der Waals surface area contributed by atoms with E-state index in [9.17, 15) is 12.8 Å². The number of aliphatic hydroxyl groups excluding tert-OH is 1. The fourth-order valence-electron chi connectivity index (χ4n) is 1.57. The Bertz CT molecular complexity index is 488. The minimum atomic E-state index is -3.17. The van der Waals surface area contributed by atoms with Gasteiger partial charge in [-0.1, -0.05) is 12.5 Å². The van der Waals surface area contributed by atoms with Crippen molar-refractivity contribution in [1.29, 1.82) is 0 Å². The fourth-order valence-corrected chi connectivity index (χ4v) is 3.47. The first-order valence-corrected chi connectivity index (χ1v) is 8.31. The van der Waals surface area contributed by atoms with E-state index in [1.165, 1.54) is 18.2 Å². The van der Waals surface area contributed by atoms with Gasteiger partial charge in [-0.15, -0.1) is 0 Å². The predicted octanol–water partition coefficient (Wildman–Crippen LogP) is 2.67. The van der Waals surface area contributed by atoms with Crippen LogP contribution in [0.3, 0.4) is 0 Å². The van der Waals surface area contributed by atoms with E-state index in [0.29, 0.717) is 24.8 Å². The maximum absolute atomic E-state index is 13.0. The van der Waals surface area contributed by atoms with Crippen LogP contribution in [0, 0.1) is 5.82 Å². The van der Waals surface area contributed by atoms with E-state index in [0.717, 1.165) is 0 Å². The number of sulfone groups is 1. The summed E-state index contributed by atoms with van der Waals surface area (Å²) in [6.07, 6.45) is 1.87. The highest BCUT2D eigenvalue weighted by atomic mass is 79.9. The van der Waals surface area contributed by atoms with Crippen molar-refractivity contribution in [1.82, 2.24) is 0 Å². The van der Waals surface area contributed by atoms with Crippen molar-refractivity contribution in [2.75, 3.05) is 12.4 Å². The lowest BCUT2D eigenvalue weighted by Crippen LogP contribution is -2.09. The number of aliphatic hydroxyl groups is 1. The van der Waals surface area contributed by atoms with Crippen LogP contribution in [0.2, 0.25) is 0 Å². The number of halogens is 2. The summed E-state index contributed by atoms with van der Waals surface area (Å²) in [6, 6.07) is 4.21. The van der Waals surface area contributed by atoms with E-state index in [1.807, 2.05) is 0 Å². The standard InChI is InChI=1S/C12H16BrFO3S/c13-11-8-10(4-5-12(11)14)9-18(16,17)7-3-1-2-6-15/h4-5,8,15H,1-3,6-7,9H2. The maximum Gasteiger partial charge on any atom is 0.154 e. The highest BCUT2D eigenvalue weighted by Gasteiger charge is 2.12. The highest BCUT2D eigenvalue weighted by Crippen LogP contribution is 2.18. The van der Waals surface area contributed by atoms with Crippen LogP contribution >= 0.6 is 15.9 Å². The zero-order valence-electron chi connectivity index (χ0n) is 9.90. The summed E-state index contributed by atoms with van der Waals surface area (Å²) in [5.74, 6) is -0.383. The largest absolute Gasteiger partial charge is 0.396 e. The molecule has 0 heterocycles. The number of rotatable bonds is 7. The Labute approximate surface area is 115 Å². The zero-order valence-corrected chi connectivity index (χ0v) is 12.3. The molecule has 0 fully saturated rings. The van der Waals surface area contributed by atoms with Crippen LogP contribution in [0.4, 0.5) is 4.39 Å². The minimum absolute atomic E-state index is 0.0784. The average molecular weight is 339 g/mol. The van der Waals surface area contributed by atoms with Crippen LogP contribution in [0.1, 0.15) is 24.8 Å². The number of benzene rings is 1. The maximum atomic E-state index is 13.0. The van der Waals surface area contributed by atoms with Crippen molar-refractivity contribution in [3.05, 3.63) is 34.1 Å². The molecule has 18 heavy (non-hydrogen) atoms. The second kappa shape index (κ2) is 7.21. The summed E-state index contributed by atoms with van der Waals surface area (Å²) in [4.78, 5) is 0. The lowest BCUT2D eigenvalue weighted by Gasteiger charge is -2.05. The van der Waals surface area contributed by atoms with Gasteiger partial charge < -0.3 is 5.11 Å². The van der Waals surface area contributed by atoms with Crippen molar-refractivity contribution < 1.29 is 17.9 Å². The highest BCUT2D eigenvalue weighted by molar-refractivity contribution is 9.10. The van der Waals surface area contributed by atoms with Crippen LogP contribution in [-0.4, -0.2) is 25.9 Å². The molecule has 6 heteroatoms. The van der Waals surface area contributed by atoms with Gasteiger partial charge in [0, 0.05) is 6.61 Å². The second-order valence-electron chi connectivity index (χ2n) is 4.12. The Balaban J connectivity index is 2.56. The normalized spacial score (nSPS) is 11.7. The Morgan fingerprint density at radius 1 is 1.22 bits per heavy atom. The van der Waals surface area contributed by atoms with Gasteiger partial charge in [-0.25, -0.2) is 12.8 Å². The summed E-state index contributed by atoms with van der Waals surface area (Å²) >= 11 is 3.03. The van der Waals surface area contributed by atoms with Gasteiger partial charge in [-0.3, -0.25) is 0 Å². The van der Waals surface area contributed by atoms with E-state index in [2.05, 4.69) is 15.9 Å². The molecule has 1 aromatic carbocycles. The first kappa shape index (κ1) is 15.6. The molecule has 0 saturated heterocycles. The molecule has 0 aliphatic carbocycles. The molecule has 1 aromatic rings. The van der Waals surface area contributed by atoms with E-state index >= 15 is 0 Å². The lowest BCUT2D eigenvalue weighted by atomic mass is 10.2. The summed E-state index contributed by atoms with van der Waals surface area (Å²) in [5.41, 5.74) is 0.574. The molecule has 0 saturated carbocycles. The molecule has 0 bridgehead atoms. The van der Waals surface area contributed by atoms with Crippen molar-refractivity contribution >= 4 is 25.8 Å². The van der Waals surface area contributed by atoms with Crippen molar-refractivity contribution in [3.8, 4) is 0 Å². The third kappa shape index (κ3) is 5.46.